The third kappa shape index (κ3) is 8.07. The molecule has 0 unspecified atom stereocenters. The Balaban J connectivity index is 1.29. The maximum absolute atomic E-state index is 6.06. The number of aromatic nitrogens is 4. The van der Waals surface area contributed by atoms with Crippen LogP contribution in [-0.2, 0) is 32.8 Å². The monoisotopic (exact) mass is 486 g/mol. The van der Waals surface area contributed by atoms with Gasteiger partial charge in [-0.3, -0.25) is 9.80 Å². The van der Waals surface area contributed by atoms with Crippen LogP contribution in [0.5, 0.6) is 5.75 Å². The Kier molecular flexibility index (Phi) is 9.70. The molecule has 0 amide bonds. The van der Waals surface area contributed by atoms with Gasteiger partial charge in [-0.25, -0.2) is 9.97 Å². The summed E-state index contributed by atoms with van der Waals surface area (Å²) >= 11 is 0. The first-order valence-corrected chi connectivity index (χ1v) is 12.9. The molecule has 36 heavy (non-hydrogen) atoms. The number of nitrogens with zero attached hydrogens (tertiary/aromatic N) is 4. The zero-order valence-electron chi connectivity index (χ0n) is 21.5. The average Bonchev–Trinajstić information content (AvgIpc) is 3.59. The molecule has 0 spiro atoms. The summed E-state index contributed by atoms with van der Waals surface area (Å²) in [4.78, 5) is 20.0. The van der Waals surface area contributed by atoms with Crippen LogP contribution >= 0.6 is 0 Å². The Morgan fingerprint density at radius 3 is 1.64 bits per heavy atom. The van der Waals surface area contributed by atoms with Crippen LogP contribution in [-0.4, -0.2) is 42.8 Å². The molecule has 2 aromatic carbocycles. The lowest BCUT2D eigenvalue weighted by Gasteiger charge is -2.21. The van der Waals surface area contributed by atoms with Crippen molar-refractivity contribution in [1.29, 1.82) is 0 Å². The topological polar surface area (TPSA) is 73.1 Å². The van der Waals surface area contributed by atoms with Gasteiger partial charge >= 0.3 is 0 Å². The van der Waals surface area contributed by atoms with E-state index in [2.05, 4.69) is 92.1 Å². The number of rotatable bonds is 15. The molecule has 7 nitrogen and oxygen atoms in total. The summed E-state index contributed by atoms with van der Waals surface area (Å²) in [5.41, 5.74) is 3.73. The number of benzene rings is 2. The fourth-order valence-electron chi connectivity index (χ4n) is 4.38. The predicted octanol–water partition coefficient (Wildman–Crippen LogP) is 5.54. The number of imidazole rings is 2. The minimum atomic E-state index is 0.555. The van der Waals surface area contributed by atoms with Crippen LogP contribution in [0.25, 0.3) is 0 Å². The van der Waals surface area contributed by atoms with Gasteiger partial charge in [-0.2, -0.15) is 0 Å². The molecule has 2 heterocycles. The SMILES string of the molecule is CCCN(CCC)Cc1ccc(OCc2ccc(CN(Cc3ncc[nH]3)Cc3ncc[nH]3)cc2)cc1. The summed E-state index contributed by atoms with van der Waals surface area (Å²) in [5.74, 6) is 2.80. The van der Waals surface area contributed by atoms with Gasteiger partial charge in [-0.1, -0.05) is 50.2 Å². The van der Waals surface area contributed by atoms with Crippen LogP contribution in [0.3, 0.4) is 0 Å². The van der Waals surface area contributed by atoms with E-state index < -0.39 is 0 Å². The first-order chi connectivity index (χ1) is 17.7. The van der Waals surface area contributed by atoms with Gasteiger partial charge in [-0.05, 0) is 54.8 Å². The van der Waals surface area contributed by atoms with E-state index in [-0.39, 0.29) is 0 Å². The second kappa shape index (κ2) is 13.6. The molecular weight excluding hydrogens is 448 g/mol. The highest BCUT2D eigenvalue weighted by Gasteiger charge is 2.11. The normalized spacial score (nSPS) is 11.4. The van der Waals surface area contributed by atoms with Crippen LogP contribution in [0.15, 0.2) is 73.3 Å². The Bertz CT molecular complexity index is 1070. The van der Waals surface area contributed by atoms with Crippen molar-refractivity contribution in [3.8, 4) is 5.75 Å². The third-order valence-electron chi connectivity index (χ3n) is 6.10. The minimum absolute atomic E-state index is 0.555. The van der Waals surface area contributed by atoms with Crippen LogP contribution < -0.4 is 4.74 Å². The van der Waals surface area contributed by atoms with Gasteiger partial charge in [0.1, 0.15) is 24.0 Å². The molecule has 0 saturated carbocycles. The summed E-state index contributed by atoms with van der Waals surface area (Å²) < 4.78 is 6.06. The Hall–Kier alpha value is -3.42. The van der Waals surface area contributed by atoms with E-state index in [9.17, 15) is 0 Å². The van der Waals surface area contributed by atoms with E-state index in [1.807, 2.05) is 12.4 Å². The van der Waals surface area contributed by atoms with Gasteiger partial charge in [0.2, 0.25) is 0 Å². The highest BCUT2D eigenvalue weighted by atomic mass is 16.5. The highest BCUT2D eigenvalue weighted by Crippen LogP contribution is 2.17. The van der Waals surface area contributed by atoms with Crippen molar-refractivity contribution < 1.29 is 4.74 Å². The summed E-state index contributed by atoms with van der Waals surface area (Å²) in [6, 6.07) is 17.2. The summed E-state index contributed by atoms with van der Waals surface area (Å²) in [5, 5.41) is 0. The van der Waals surface area contributed by atoms with Crippen molar-refractivity contribution in [3.63, 3.8) is 0 Å². The van der Waals surface area contributed by atoms with Crippen molar-refractivity contribution in [1.82, 2.24) is 29.7 Å². The van der Waals surface area contributed by atoms with Crippen molar-refractivity contribution in [2.45, 2.75) is 59.5 Å². The molecule has 0 aliphatic carbocycles. The van der Waals surface area contributed by atoms with Crippen LogP contribution in [0.2, 0.25) is 0 Å². The molecule has 4 aromatic rings. The molecule has 0 bridgehead atoms. The zero-order chi connectivity index (χ0) is 25.0. The smallest absolute Gasteiger partial charge is 0.120 e. The number of hydrogen-bond acceptors (Lipinski definition) is 5. The molecule has 7 heteroatoms. The molecule has 0 aliphatic rings. The summed E-state index contributed by atoms with van der Waals surface area (Å²) in [6.45, 7) is 10.6. The van der Waals surface area contributed by atoms with Gasteiger partial charge in [-0.15, -0.1) is 0 Å². The van der Waals surface area contributed by atoms with E-state index in [0.717, 1.165) is 62.2 Å². The number of aromatic amines is 2. The molecule has 0 radical (unpaired) electrons. The fraction of sp³-hybridized carbons (Fsp3) is 0.379. The Morgan fingerprint density at radius 2 is 1.14 bits per heavy atom. The quantitative estimate of drug-likeness (QED) is 0.231. The standard InChI is InChI=1S/C29H38N6O/c1-3-17-34(18-4-2)19-25-9-11-27(12-10-25)36-23-26-7-5-24(6-8-26)20-35(21-28-30-13-14-31-28)22-29-32-15-16-33-29/h5-16H,3-4,17-23H2,1-2H3,(H,30,31)(H,32,33). The second-order valence-electron chi connectivity index (χ2n) is 9.24. The lowest BCUT2D eigenvalue weighted by atomic mass is 10.1. The van der Waals surface area contributed by atoms with Gasteiger partial charge in [0.25, 0.3) is 0 Å². The van der Waals surface area contributed by atoms with Crippen LogP contribution in [0.1, 0.15) is 55.0 Å². The van der Waals surface area contributed by atoms with Crippen molar-refractivity contribution >= 4 is 0 Å². The molecule has 0 aliphatic heterocycles. The van der Waals surface area contributed by atoms with Crippen LogP contribution in [0.4, 0.5) is 0 Å². The molecule has 2 aromatic heterocycles. The summed E-state index contributed by atoms with van der Waals surface area (Å²) in [6.07, 6.45) is 9.66. The number of hydrogen-bond donors (Lipinski definition) is 2. The van der Waals surface area contributed by atoms with E-state index in [1.165, 1.54) is 24.0 Å². The molecule has 190 valence electrons. The molecule has 4 rings (SSSR count). The van der Waals surface area contributed by atoms with Crippen molar-refractivity contribution in [3.05, 3.63) is 102 Å². The minimum Gasteiger partial charge on any atom is -0.489 e. The average molecular weight is 487 g/mol. The van der Waals surface area contributed by atoms with Gasteiger partial charge in [0.15, 0.2) is 0 Å². The van der Waals surface area contributed by atoms with Gasteiger partial charge < -0.3 is 14.7 Å². The van der Waals surface area contributed by atoms with Crippen LogP contribution in [0, 0.1) is 0 Å². The Labute approximate surface area is 214 Å². The lowest BCUT2D eigenvalue weighted by Crippen LogP contribution is -2.24. The molecule has 0 fully saturated rings. The number of nitrogens with one attached hydrogen (secondary N) is 2. The second-order valence-corrected chi connectivity index (χ2v) is 9.24. The molecular formula is C29H38N6O. The third-order valence-corrected chi connectivity index (χ3v) is 6.10. The molecule has 0 saturated heterocycles. The number of ether oxygens (including phenoxy) is 1. The van der Waals surface area contributed by atoms with Gasteiger partial charge in [0.05, 0.1) is 13.1 Å². The highest BCUT2D eigenvalue weighted by molar-refractivity contribution is 5.28. The lowest BCUT2D eigenvalue weighted by molar-refractivity contribution is 0.236. The first-order valence-electron chi connectivity index (χ1n) is 12.9. The summed E-state index contributed by atoms with van der Waals surface area (Å²) in [7, 11) is 0. The van der Waals surface area contributed by atoms with E-state index in [1.54, 1.807) is 12.4 Å². The largest absolute Gasteiger partial charge is 0.489 e. The molecule has 2 N–H and O–H groups in total. The van der Waals surface area contributed by atoms with E-state index >= 15 is 0 Å². The van der Waals surface area contributed by atoms with Gasteiger partial charge in [0, 0.05) is 37.9 Å². The van der Waals surface area contributed by atoms with E-state index in [4.69, 9.17) is 4.74 Å². The fourth-order valence-corrected chi connectivity index (χ4v) is 4.38. The number of H-pyrrole nitrogens is 2. The molecule has 0 atom stereocenters. The maximum Gasteiger partial charge on any atom is 0.120 e. The van der Waals surface area contributed by atoms with Crippen molar-refractivity contribution in [2.24, 2.45) is 0 Å². The first kappa shape index (κ1) is 25.7. The van der Waals surface area contributed by atoms with Crippen molar-refractivity contribution in [2.75, 3.05) is 13.1 Å². The van der Waals surface area contributed by atoms with E-state index in [0.29, 0.717) is 6.61 Å². The Morgan fingerprint density at radius 1 is 0.639 bits per heavy atom. The predicted molar refractivity (Wildman–Crippen MR) is 143 cm³/mol. The maximum atomic E-state index is 6.06. The zero-order valence-corrected chi connectivity index (χ0v) is 21.5.